The van der Waals surface area contributed by atoms with Crippen LogP contribution in [-0.2, 0) is 4.74 Å². The number of nitrogens with two attached hydrogens (primary N) is 1. The lowest BCUT2D eigenvalue weighted by Gasteiger charge is -2.34. The summed E-state index contributed by atoms with van der Waals surface area (Å²) in [7, 11) is 0. The molecule has 1 fully saturated rings. The second-order valence-corrected chi connectivity index (χ2v) is 4.13. The van der Waals surface area contributed by atoms with Gasteiger partial charge in [0.05, 0.1) is 19.3 Å². The van der Waals surface area contributed by atoms with Gasteiger partial charge in [0.15, 0.2) is 11.6 Å². The van der Waals surface area contributed by atoms with Gasteiger partial charge in [0, 0.05) is 6.42 Å². The average molecular weight is 263 g/mol. The zero-order chi connectivity index (χ0) is 13.4. The standard InChI is InChI=1S/C9H14FN3O5/c10-4-2-12(9(16)13(17)8(4)11)7-1-5(15)6(3-14)18-7/h5-7,14-15,17H,1-3,11H2/t5-,6+,7+/m0/s1. The minimum absolute atomic E-state index is 0.0130. The van der Waals surface area contributed by atoms with E-state index in [-0.39, 0.29) is 11.5 Å². The number of aliphatic hydroxyl groups excluding tert-OH is 2. The van der Waals surface area contributed by atoms with Crippen LogP contribution in [0, 0.1) is 0 Å². The Morgan fingerprint density at radius 2 is 2.22 bits per heavy atom. The van der Waals surface area contributed by atoms with Crippen LogP contribution in [0.15, 0.2) is 11.6 Å². The lowest BCUT2D eigenvalue weighted by atomic mass is 10.2. The molecule has 0 radical (unpaired) electrons. The normalized spacial score (nSPS) is 33.6. The van der Waals surface area contributed by atoms with Gasteiger partial charge in [0.1, 0.15) is 12.3 Å². The highest BCUT2D eigenvalue weighted by Gasteiger charge is 2.42. The molecular weight excluding hydrogens is 249 g/mol. The molecule has 2 aliphatic heterocycles. The summed E-state index contributed by atoms with van der Waals surface area (Å²) in [5, 5.41) is 27.7. The topological polar surface area (TPSA) is 119 Å². The number of amides is 2. The highest BCUT2D eigenvalue weighted by Crippen LogP contribution is 2.27. The third-order valence-electron chi connectivity index (χ3n) is 2.97. The summed E-state index contributed by atoms with van der Waals surface area (Å²) in [4.78, 5) is 12.6. The minimum Gasteiger partial charge on any atom is -0.394 e. The average Bonchev–Trinajstić information content (AvgIpc) is 2.72. The fourth-order valence-corrected chi connectivity index (χ4v) is 1.93. The molecule has 0 unspecified atom stereocenters. The number of carbonyl (C=O) groups is 1. The van der Waals surface area contributed by atoms with Crippen LogP contribution in [0.1, 0.15) is 6.42 Å². The number of nitrogens with zero attached hydrogens (tertiary/aromatic N) is 2. The second-order valence-electron chi connectivity index (χ2n) is 4.13. The molecule has 0 aromatic heterocycles. The molecule has 2 rings (SSSR count). The molecule has 2 heterocycles. The molecule has 2 amide bonds. The summed E-state index contributed by atoms with van der Waals surface area (Å²) in [6, 6.07) is -0.940. The maximum absolute atomic E-state index is 13.4. The Bertz CT molecular complexity index is 390. The van der Waals surface area contributed by atoms with Crippen LogP contribution in [0.25, 0.3) is 0 Å². The molecule has 0 aromatic carbocycles. The monoisotopic (exact) mass is 263 g/mol. The zero-order valence-electron chi connectivity index (χ0n) is 9.36. The van der Waals surface area contributed by atoms with Crippen LogP contribution in [0.3, 0.4) is 0 Å². The van der Waals surface area contributed by atoms with Crippen LogP contribution in [0.4, 0.5) is 9.18 Å². The lowest BCUT2D eigenvalue weighted by molar-refractivity contribution is -0.0944. The van der Waals surface area contributed by atoms with Gasteiger partial charge in [-0.1, -0.05) is 0 Å². The molecule has 8 nitrogen and oxygen atoms in total. The molecule has 9 heteroatoms. The predicted molar refractivity (Wildman–Crippen MR) is 54.4 cm³/mol. The van der Waals surface area contributed by atoms with Crippen molar-refractivity contribution in [1.82, 2.24) is 9.96 Å². The molecular formula is C9H14FN3O5. The molecule has 102 valence electrons. The van der Waals surface area contributed by atoms with E-state index >= 15 is 0 Å². The Kier molecular flexibility index (Phi) is 3.39. The fraction of sp³-hybridized carbons (Fsp3) is 0.667. The predicted octanol–water partition coefficient (Wildman–Crippen LogP) is -1.32. The molecule has 1 saturated heterocycles. The summed E-state index contributed by atoms with van der Waals surface area (Å²) in [6.07, 6.45) is -2.68. The number of halogens is 1. The first-order chi connectivity index (χ1) is 8.45. The van der Waals surface area contributed by atoms with Crippen molar-refractivity contribution in [2.75, 3.05) is 13.2 Å². The first kappa shape index (κ1) is 13.0. The summed E-state index contributed by atoms with van der Waals surface area (Å²) < 4.78 is 18.6. The molecule has 2 aliphatic rings. The number of aliphatic hydroxyl groups is 2. The molecule has 5 N–H and O–H groups in total. The molecule has 0 saturated carbocycles. The smallest absolute Gasteiger partial charge is 0.352 e. The number of rotatable bonds is 2. The zero-order valence-corrected chi connectivity index (χ0v) is 9.36. The van der Waals surface area contributed by atoms with Crippen molar-refractivity contribution >= 4 is 6.03 Å². The summed E-state index contributed by atoms with van der Waals surface area (Å²) in [6.45, 7) is -0.861. The van der Waals surface area contributed by atoms with Crippen molar-refractivity contribution < 1.29 is 29.3 Å². The molecule has 3 atom stereocenters. The van der Waals surface area contributed by atoms with Gasteiger partial charge in [-0.3, -0.25) is 10.1 Å². The number of ether oxygens (including phenoxy) is 1. The highest BCUT2D eigenvalue weighted by molar-refractivity contribution is 5.76. The number of urea groups is 1. The van der Waals surface area contributed by atoms with E-state index in [1.54, 1.807) is 0 Å². The SMILES string of the molecule is NC1=C(F)CN([C@H]2C[C@H](O)[C@@H](CO)O2)C(=O)N1O. The molecule has 0 bridgehead atoms. The lowest BCUT2D eigenvalue weighted by Crippen LogP contribution is -2.52. The van der Waals surface area contributed by atoms with Gasteiger partial charge in [0.2, 0.25) is 0 Å². The van der Waals surface area contributed by atoms with Crippen molar-refractivity contribution in [3.63, 3.8) is 0 Å². The summed E-state index contributed by atoms with van der Waals surface area (Å²) in [5.41, 5.74) is 5.16. The molecule has 0 aromatic rings. The number of carbonyl (C=O) groups excluding carboxylic acids is 1. The maximum Gasteiger partial charge on any atom is 0.352 e. The van der Waals surface area contributed by atoms with E-state index < -0.39 is 49.3 Å². The first-order valence-corrected chi connectivity index (χ1v) is 5.33. The number of hydrogen-bond acceptors (Lipinski definition) is 6. The van der Waals surface area contributed by atoms with Crippen molar-refractivity contribution in [1.29, 1.82) is 0 Å². The Labute approximate surface area is 102 Å². The van der Waals surface area contributed by atoms with Gasteiger partial charge in [0.25, 0.3) is 0 Å². The van der Waals surface area contributed by atoms with E-state index in [1.807, 2.05) is 0 Å². The third kappa shape index (κ3) is 2.01. The van der Waals surface area contributed by atoms with Gasteiger partial charge in [-0.05, 0) is 0 Å². The number of hydrogen-bond donors (Lipinski definition) is 4. The van der Waals surface area contributed by atoms with Crippen molar-refractivity contribution in [2.24, 2.45) is 5.73 Å². The first-order valence-electron chi connectivity index (χ1n) is 5.33. The van der Waals surface area contributed by atoms with E-state index in [2.05, 4.69) is 0 Å². The van der Waals surface area contributed by atoms with E-state index in [4.69, 9.17) is 15.6 Å². The summed E-state index contributed by atoms with van der Waals surface area (Å²) >= 11 is 0. The molecule has 0 spiro atoms. The van der Waals surface area contributed by atoms with Crippen LogP contribution in [0.5, 0.6) is 0 Å². The van der Waals surface area contributed by atoms with Crippen LogP contribution >= 0.6 is 0 Å². The minimum atomic E-state index is -0.953. The molecule has 0 aliphatic carbocycles. The van der Waals surface area contributed by atoms with Crippen molar-refractivity contribution in [2.45, 2.75) is 24.9 Å². The van der Waals surface area contributed by atoms with E-state index in [9.17, 15) is 19.5 Å². The highest BCUT2D eigenvalue weighted by atomic mass is 19.1. The van der Waals surface area contributed by atoms with Gasteiger partial charge >= 0.3 is 6.03 Å². The van der Waals surface area contributed by atoms with Crippen molar-refractivity contribution in [3.05, 3.63) is 11.6 Å². The third-order valence-corrected chi connectivity index (χ3v) is 2.97. The Hall–Kier alpha value is -1.42. The van der Waals surface area contributed by atoms with E-state index in [0.29, 0.717) is 0 Å². The van der Waals surface area contributed by atoms with Crippen LogP contribution < -0.4 is 5.73 Å². The van der Waals surface area contributed by atoms with Crippen LogP contribution in [0.2, 0.25) is 0 Å². The maximum atomic E-state index is 13.4. The van der Waals surface area contributed by atoms with Gasteiger partial charge in [-0.25, -0.2) is 9.18 Å². The largest absolute Gasteiger partial charge is 0.394 e. The van der Waals surface area contributed by atoms with Gasteiger partial charge < -0.3 is 20.7 Å². The molecule has 18 heavy (non-hydrogen) atoms. The Morgan fingerprint density at radius 1 is 1.56 bits per heavy atom. The van der Waals surface area contributed by atoms with E-state index in [0.717, 1.165) is 4.90 Å². The quantitative estimate of drug-likeness (QED) is 0.459. The van der Waals surface area contributed by atoms with Crippen LogP contribution in [-0.4, -0.2) is 63.0 Å². The fourth-order valence-electron chi connectivity index (χ4n) is 1.93. The Balaban J connectivity index is 2.14. The summed E-state index contributed by atoms with van der Waals surface area (Å²) in [5.74, 6) is -1.53. The second kappa shape index (κ2) is 4.69. The van der Waals surface area contributed by atoms with Gasteiger partial charge in [-0.2, -0.15) is 5.06 Å². The van der Waals surface area contributed by atoms with E-state index in [1.165, 1.54) is 0 Å². The van der Waals surface area contributed by atoms with Gasteiger partial charge in [-0.15, -0.1) is 0 Å². The number of hydroxylamine groups is 2. The Morgan fingerprint density at radius 3 is 2.78 bits per heavy atom. The van der Waals surface area contributed by atoms with Crippen molar-refractivity contribution in [3.8, 4) is 0 Å².